The standard InChI is InChI=1S/C32H34ClN5O3/c1-4-20-13-24(22-9-11-35-12-10-22)29(34)25-15-26(30(40)36-16-21-5-7-23(33)8-6-21)31(41)38(27(25)14-20)17-28(39)37-18-32(2,3)19-37/h5-13,15,20,34H,4,14,16-19H2,1-3H3,(H,36,40). The lowest BCUT2D eigenvalue weighted by molar-refractivity contribution is -0.142. The summed E-state index contributed by atoms with van der Waals surface area (Å²) in [6.07, 6.45) is 6.68. The van der Waals surface area contributed by atoms with E-state index in [2.05, 4.69) is 37.1 Å². The van der Waals surface area contributed by atoms with Gasteiger partial charge in [-0.05, 0) is 65.6 Å². The molecule has 8 nitrogen and oxygen atoms in total. The van der Waals surface area contributed by atoms with E-state index in [4.69, 9.17) is 11.6 Å². The van der Waals surface area contributed by atoms with Crippen LogP contribution in [0, 0.1) is 16.7 Å². The van der Waals surface area contributed by atoms with Crippen LogP contribution in [0.5, 0.6) is 0 Å². The van der Waals surface area contributed by atoms with E-state index in [0.717, 1.165) is 17.5 Å². The van der Waals surface area contributed by atoms with Gasteiger partial charge in [0.05, 0.1) is 5.71 Å². The fourth-order valence-corrected chi connectivity index (χ4v) is 5.68. The van der Waals surface area contributed by atoms with Crippen molar-refractivity contribution in [3.8, 4) is 0 Å². The molecular formula is C32H34ClN5O3. The number of halogens is 1. The average molecular weight is 572 g/mol. The van der Waals surface area contributed by atoms with E-state index in [-0.39, 0.29) is 41.6 Å². The number of nitrogens with zero attached hydrogens (tertiary/aromatic N) is 3. The zero-order valence-electron chi connectivity index (χ0n) is 23.5. The van der Waals surface area contributed by atoms with Crippen LogP contribution in [0.4, 0.5) is 0 Å². The molecule has 0 saturated carbocycles. The summed E-state index contributed by atoms with van der Waals surface area (Å²) >= 11 is 5.98. The highest BCUT2D eigenvalue weighted by atomic mass is 35.5. The van der Waals surface area contributed by atoms with Crippen LogP contribution in [-0.2, 0) is 24.3 Å². The molecule has 1 aliphatic heterocycles. The van der Waals surface area contributed by atoms with Gasteiger partial charge in [0.25, 0.3) is 11.5 Å². The van der Waals surface area contributed by atoms with Crippen molar-refractivity contribution in [2.75, 3.05) is 13.1 Å². The fourth-order valence-electron chi connectivity index (χ4n) is 5.55. The maximum Gasteiger partial charge on any atom is 0.264 e. The van der Waals surface area contributed by atoms with Crippen LogP contribution in [0.25, 0.3) is 5.57 Å². The maximum atomic E-state index is 13.9. The largest absolute Gasteiger partial charge is 0.348 e. The van der Waals surface area contributed by atoms with Crippen LogP contribution in [0.15, 0.2) is 65.7 Å². The van der Waals surface area contributed by atoms with Crippen LogP contribution >= 0.6 is 11.6 Å². The minimum atomic E-state index is -0.558. The Morgan fingerprint density at radius 1 is 1.12 bits per heavy atom. The smallest absolute Gasteiger partial charge is 0.264 e. The lowest BCUT2D eigenvalue weighted by Crippen LogP contribution is -2.56. The van der Waals surface area contributed by atoms with Gasteiger partial charge in [0.1, 0.15) is 12.1 Å². The summed E-state index contributed by atoms with van der Waals surface area (Å²) in [4.78, 5) is 46.5. The number of likely N-dealkylation sites (tertiary alicyclic amines) is 1. The summed E-state index contributed by atoms with van der Waals surface area (Å²) < 4.78 is 1.43. The highest BCUT2D eigenvalue weighted by Gasteiger charge is 2.38. The van der Waals surface area contributed by atoms with Crippen molar-refractivity contribution in [1.82, 2.24) is 19.8 Å². The van der Waals surface area contributed by atoms with Gasteiger partial charge in [-0.2, -0.15) is 0 Å². The van der Waals surface area contributed by atoms with Crippen molar-refractivity contribution in [2.45, 2.75) is 46.7 Å². The minimum absolute atomic E-state index is 0.0352. The monoisotopic (exact) mass is 571 g/mol. The van der Waals surface area contributed by atoms with E-state index in [0.29, 0.717) is 41.4 Å². The molecule has 9 heteroatoms. The first kappa shape index (κ1) is 28.5. The van der Waals surface area contributed by atoms with Crippen molar-refractivity contribution in [1.29, 1.82) is 5.41 Å². The van der Waals surface area contributed by atoms with Crippen LogP contribution in [0.3, 0.4) is 0 Å². The second kappa shape index (κ2) is 11.4. The molecule has 0 spiro atoms. The van der Waals surface area contributed by atoms with Gasteiger partial charge in [0, 0.05) is 53.9 Å². The Kier molecular flexibility index (Phi) is 7.95. The molecule has 2 amide bonds. The molecule has 2 N–H and O–H groups in total. The average Bonchev–Trinajstić information content (AvgIpc) is 3.09. The molecule has 3 aromatic rings. The molecule has 5 rings (SSSR count). The number of carbonyl (C=O) groups is 2. The second-order valence-electron chi connectivity index (χ2n) is 11.6. The van der Waals surface area contributed by atoms with E-state index in [1.807, 2.05) is 12.1 Å². The van der Waals surface area contributed by atoms with Crippen molar-refractivity contribution in [3.05, 3.63) is 104 Å². The lowest BCUT2D eigenvalue weighted by Gasteiger charge is -2.46. The van der Waals surface area contributed by atoms with Gasteiger partial charge in [0.15, 0.2) is 0 Å². The summed E-state index contributed by atoms with van der Waals surface area (Å²) in [5.41, 5.74) is 3.10. The molecule has 1 fully saturated rings. The molecular weight excluding hydrogens is 538 g/mol. The zero-order valence-corrected chi connectivity index (χ0v) is 24.3. The zero-order chi connectivity index (χ0) is 29.3. The van der Waals surface area contributed by atoms with Crippen molar-refractivity contribution in [3.63, 3.8) is 0 Å². The Morgan fingerprint density at radius 2 is 1.80 bits per heavy atom. The summed E-state index contributed by atoms with van der Waals surface area (Å²) in [5, 5.41) is 12.7. The number of carbonyl (C=O) groups excluding carboxylic acids is 2. The van der Waals surface area contributed by atoms with Crippen LogP contribution < -0.4 is 10.9 Å². The lowest BCUT2D eigenvalue weighted by atomic mass is 9.84. The molecule has 0 bridgehead atoms. The summed E-state index contributed by atoms with van der Waals surface area (Å²) in [6.45, 7) is 7.51. The molecule has 3 heterocycles. The Hall–Kier alpha value is -4.04. The number of fused-ring (bicyclic) bond motifs is 1. The Bertz CT molecular complexity index is 1580. The van der Waals surface area contributed by atoms with E-state index >= 15 is 0 Å². The topological polar surface area (TPSA) is 108 Å². The highest BCUT2D eigenvalue weighted by molar-refractivity contribution is 6.31. The molecule has 2 aromatic heterocycles. The number of pyridine rings is 2. The van der Waals surface area contributed by atoms with Gasteiger partial charge < -0.3 is 14.8 Å². The van der Waals surface area contributed by atoms with Gasteiger partial charge in [-0.25, -0.2) is 0 Å². The van der Waals surface area contributed by atoms with E-state index in [1.54, 1.807) is 41.6 Å². The number of amides is 2. The number of hydrogen-bond donors (Lipinski definition) is 2. The molecule has 2 aliphatic rings. The second-order valence-corrected chi connectivity index (χ2v) is 12.0. The molecule has 1 unspecified atom stereocenters. The third kappa shape index (κ3) is 6.03. The minimum Gasteiger partial charge on any atom is -0.348 e. The number of aromatic nitrogens is 2. The van der Waals surface area contributed by atoms with Gasteiger partial charge in [-0.15, -0.1) is 0 Å². The van der Waals surface area contributed by atoms with Crippen molar-refractivity contribution >= 4 is 34.7 Å². The fraction of sp³-hybridized carbons (Fsp3) is 0.344. The van der Waals surface area contributed by atoms with Gasteiger partial charge >= 0.3 is 0 Å². The summed E-state index contributed by atoms with van der Waals surface area (Å²) in [6, 6.07) is 12.3. The van der Waals surface area contributed by atoms with Gasteiger partial charge in [-0.1, -0.05) is 50.6 Å². The first-order chi connectivity index (χ1) is 19.6. The van der Waals surface area contributed by atoms with E-state index in [1.165, 1.54) is 10.6 Å². The maximum absolute atomic E-state index is 13.9. The molecule has 1 aliphatic carbocycles. The predicted octanol–water partition coefficient (Wildman–Crippen LogP) is 4.73. The van der Waals surface area contributed by atoms with E-state index < -0.39 is 11.5 Å². The number of benzene rings is 1. The van der Waals surface area contributed by atoms with E-state index in [9.17, 15) is 19.8 Å². The number of allylic oxidation sites excluding steroid dienone is 2. The molecule has 1 saturated heterocycles. The molecule has 1 aromatic carbocycles. The molecule has 212 valence electrons. The van der Waals surface area contributed by atoms with Crippen LogP contribution in [0.1, 0.15) is 59.9 Å². The Morgan fingerprint density at radius 3 is 2.44 bits per heavy atom. The molecule has 41 heavy (non-hydrogen) atoms. The third-order valence-corrected chi connectivity index (χ3v) is 8.06. The Labute approximate surface area is 244 Å². The third-order valence-electron chi connectivity index (χ3n) is 7.81. The quantitative estimate of drug-likeness (QED) is 0.427. The SMILES string of the molecule is CCC1C=C(c2ccncc2)C(=N)c2cc(C(=O)NCc3ccc(Cl)cc3)c(=O)n(CC(=O)N3CC(C)(C)C3)c2C1. The van der Waals surface area contributed by atoms with Crippen LogP contribution in [-0.4, -0.2) is 45.1 Å². The van der Waals surface area contributed by atoms with Gasteiger partial charge in [0.2, 0.25) is 5.91 Å². The summed E-state index contributed by atoms with van der Waals surface area (Å²) in [7, 11) is 0. The normalized spacial score (nSPS) is 17.7. The number of hydrogen-bond acceptors (Lipinski definition) is 5. The first-order valence-corrected chi connectivity index (χ1v) is 14.2. The van der Waals surface area contributed by atoms with Crippen LogP contribution in [0.2, 0.25) is 5.02 Å². The van der Waals surface area contributed by atoms with Crippen molar-refractivity contribution < 1.29 is 9.59 Å². The summed E-state index contributed by atoms with van der Waals surface area (Å²) in [5.74, 6) is -0.691. The predicted molar refractivity (Wildman–Crippen MR) is 160 cm³/mol. The number of rotatable bonds is 7. The molecule has 1 atom stereocenters. The number of nitrogens with one attached hydrogen (secondary N) is 2. The van der Waals surface area contributed by atoms with Gasteiger partial charge in [-0.3, -0.25) is 24.8 Å². The molecule has 0 radical (unpaired) electrons. The van der Waals surface area contributed by atoms with Crippen molar-refractivity contribution in [2.24, 2.45) is 11.3 Å². The highest BCUT2D eigenvalue weighted by Crippen LogP contribution is 2.32. The first-order valence-electron chi connectivity index (χ1n) is 13.8. The Balaban J connectivity index is 1.57.